The summed E-state index contributed by atoms with van der Waals surface area (Å²) in [4.78, 5) is 0. The van der Waals surface area contributed by atoms with Crippen LogP contribution in [0.2, 0.25) is 0 Å². The molecule has 11 heavy (non-hydrogen) atoms. The molecular weight excluding hydrogens is 136 g/mol. The fourth-order valence-electron chi connectivity index (χ4n) is 0.923. The molecular formula is C9H22N2. The van der Waals surface area contributed by atoms with Gasteiger partial charge in [0.2, 0.25) is 0 Å². The predicted molar refractivity (Wildman–Crippen MR) is 50.5 cm³/mol. The van der Waals surface area contributed by atoms with Crippen LogP contribution in [0, 0.1) is 11.3 Å². The Kier molecular flexibility index (Phi) is 4.69. The molecule has 0 aromatic carbocycles. The van der Waals surface area contributed by atoms with Gasteiger partial charge in [-0.15, -0.1) is 0 Å². The van der Waals surface area contributed by atoms with Gasteiger partial charge in [0, 0.05) is 6.54 Å². The topological polar surface area (TPSA) is 38.0 Å². The Morgan fingerprint density at radius 3 is 2.27 bits per heavy atom. The summed E-state index contributed by atoms with van der Waals surface area (Å²) in [5.74, 6) is 0.645. The maximum absolute atomic E-state index is 5.71. The molecule has 0 rings (SSSR count). The van der Waals surface area contributed by atoms with Crippen molar-refractivity contribution >= 4 is 0 Å². The molecule has 0 fully saturated rings. The molecule has 1 atom stereocenters. The van der Waals surface area contributed by atoms with Crippen molar-refractivity contribution in [2.75, 3.05) is 19.6 Å². The summed E-state index contributed by atoms with van der Waals surface area (Å²) in [5.41, 5.74) is 5.97. The molecule has 0 aliphatic rings. The second-order valence-electron chi connectivity index (χ2n) is 3.79. The van der Waals surface area contributed by atoms with Gasteiger partial charge in [-0.25, -0.2) is 0 Å². The second kappa shape index (κ2) is 4.73. The van der Waals surface area contributed by atoms with Crippen molar-refractivity contribution in [3.8, 4) is 0 Å². The number of hydrogen-bond donors (Lipinski definition) is 2. The average molecular weight is 158 g/mol. The molecule has 0 radical (unpaired) electrons. The summed E-state index contributed by atoms with van der Waals surface area (Å²) in [6.07, 6.45) is 0. The summed E-state index contributed by atoms with van der Waals surface area (Å²) >= 11 is 0. The van der Waals surface area contributed by atoms with E-state index in [2.05, 4.69) is 33.0 Å². The van der Waals surface area contributed by atoms with E-state index in [1.807, 2.05) is 0 Å². The van der Waals surface area contributed by atoms with Crippen molar-refractivity contribution in [2.24, 2.45) is 17.1 Å². The van der Waals surface area contributed by atoms with E-state index >= 15 is 0 Å². The Morgan fingerprint density at radius 2 is 2.00 bits per heavy atom. The number of rotatable bonds is 5. The lowest BCUT2D eigenvalue weighted by Crippen LogP contribution is -2.41. The smallest absolute Gasteiger partial charge is 0.00196 e. The zero-order chi connectivity index (χ0) is 8.91. The summed E-state index contributed by atoms with van der Waals surface area (Å²) in [5, 5.41) is 3.34. The van der Waals surface area contributed by atoms with E-state index in [9.17, 15) is 0 Å². The van der Waals surface area contributed by atoms with Crippen LogP contribution >= 0.6 is 0 Å². The van der Waals surface area contributed by atoms with Crippen LogP contribution in [-0.4, -0.2) is 19.6 Å². The lowest BCUT2D eigenvalue weighted by molar-refractivity contribution is 0.221. The molecule has 0 spiro atoms. The van der Waals surface area contributed by atoms with Crippen molar-refractivity contribution < 1.29 is 0 Å². The molecule has 0 aliphatic carbocycles. The summed E-state index contributed by atoms with van der Waals surface area (Å²) in [7, 11) is 0. The van der Waals surface area contributed by atoms with Gasteiger partial charge in [-0.1, -0.05) is 27.7 Å². The molecule has 0 aromatic rings. The van der Waals surface area contributed by atoms with Crippen molar-refractivity contribution in [3.63, 3.8) is 0 Å². The van der Waals surface area contributed by atoms with E-state index in [0.29, 0.717) is 5.92 Å². The minimum Gasteiger partial charge on any atom is -0.330 e. The second-order valence-corrected chi connectivity index (χ2v) is 3.79. The molecule has 2 nitrogen and oxygen atoms in total. The highest BCUT2D eigenvalue weighted by Crippen LogP contribution is 2.23. The van der Waals surface area contributed by atoms with Crippen LogP contribution in [0.5, 0.6) is 0 Å². The van der Waals surface area contributed by atoms with E-state index < -0.39 is 0 Å². The van der Waals surface area contributed by atoms with Crippen LogP contribution in [0.3, 0.4) is 0 Å². The minimum absolute atomic E-state index is 0.260. The highest BCUT2D eigenvalue weighted by molar-refractivity contribution is 4.80. The zero-order valence-corrected chi connectivity index (χ0v) is 8.28. The van der Waals surface area contributed by atoms with Gasteiger partial charge >= 0.3 is 0 Å². The quantitative estimate of drug-likeness (QED) is 0.631. The summed E-state index contributed by atoms with van der Waals surface area (Å²) in [6, 6.07) is 0. The Labute approximate surface area is 70.5 Å². The number of hydrogen-bond acceptors (Lipinski definition) is 2. The zero-order valence-electron chi connectivity index (χ0n) is 8.28. The van der Waals surface area contributed by atoms with Crippen molar-refractivity contribution in [1.29, 1.82) is 0 Å². The molecule has 1 unspecified atom stereocenters. The maximum Gasteiger partial charge on any atom is 0.00196 e. The standard InChI is InChI=1S/C9H22N2/c1-5-11-7-9(4,6-10)8(2)3/h8,11H,5-7,10H2,1-4H3. The normalized spacial score (nSPS) is 16.9. The van der Waals surface area contributed by atoms with Gasteiger partial charge in [0.1, 0.15) is 0 Å². The Balaban J connectivity index is 3.88. The van der Waals surface area contributed by atoms with E-state index in [1.54, 1.807) is 0 Å². The third-order valence-corrected chi connectivity index (χ3v) is 2.64. The van der Waals surface area contributed by atoms with Gasteiger partial charge < -0.3 is 11.1 Å². The molecule has 0 saturated heterocycles. The first-order valence-electron chi connectivity index (χ1n) is 4.47. The highest BCUT2D eigenvalue weighted by atomic mass is 14.9. The van der Waals surface area contributed by atoms with Crippen molar-refractivity contribution in [3.05, 3.63) is 0 Å². The summed E-state index contributed by atoms with van der Waals surface area (Å²) in [6.45, 7) is 11.6. The molecule has 0 heterocycles. The molecule has 0 amide bonds. The Morgan fingerprint density at radius 1 is 1.45 bits per heavy atom. The monoisotopic (exact) mass is 158 g/mol. The van der Waals surface area contributed by atoms with Gasteiger partial charge in [0.15, 0.2) is 0 Å². The molecule has 2 heteroatoms. The van der Waals surface area contributed by atoms with Crippen LogP contribution in [0.4, 0.5) is 0 Å². The average Bonchev–Trinajstić information content (AvgIpc) is 2.00. The summed E-state index contributed by atoms with van der Waals surface area (Å²) < 4.78 is 0. The van der Waals surface area contributed by atoms with Gasteiger partial charge in [-0.2, -0.15) is 0 Å². The first kappa shape index (κ1) is 10.9. The van der Waals surface area contributed by atoms with Crippen LogP contribution < -0.4 is 11.1 Å². The van der Waals surface area contributed by atoms with Gasteiger partial charge in [0.25, 0.3) is 0 Å². The molecule has 68 valence electrons. The van der Waals surface area contributed by atoms with Crippen LogP contribution in [0.15, 0.2) is 0 Å². The minimum atomic E-state index is 0.260. The highest BCUT2D eigenvalue weighted by Gasteiger charge is 2.25. The Bertz CT molecular complexity index is 102. The maximum atomic E-state index is 5.71. The molecule has 0 saturated carbocycles. The van der Waals surface area contributed by atoms with Crippen LogP contribution in [0.25, 0.3) is 0 Å². The third kappa shape index (κ3) is 3.21. The first-order valence-corrected chi connectivity index (χ1v) is 4.47. The number of nitrogens with two attached hydrogens (primary N) is 1. The van der Waals surface area contributed by atoms with Crippen molar-refractivity contribution in [1.82, 2.24) is 5.32 Å². The van der Waals surface area contributed by atoms with Crippen LogP contribution in [0.1, 0.15) is 27.7 Å². The van der Waals surface area contributed by atoms with E-state index in [0.717, 1.165) is 19.6 Å². The predicted octanol–water partition coefficient (Wildman–Crippen LogP) is 1.22. The Hall–Kier alpha value is -0.0800. The fourth-order valence-corrected chi connectivity index (χ4v) is 0.923. The van der Waals surface area contributed by atoms with Gasteiger partial charge in [-0.05, 0) is 24.4 Å². The fraction of sp³-hybridized carbons (Fsp3) is 1.00. The third-order valence-electron chi connectivity index (χ3n) is 2.64. The van der Waals surface area contributed by atoms with E-state index in [1.165, 1.54) is 0 Å². The largest absolute Gasteiger partial charge is 0.330 e. The molecule has 0 bridgehead atoms. The SMILES string of the molecule is CCNCC(C)(CN)C(C)C. The molecule has 3 N–H and O–H groups in total. The number of nitrogens with one attached hydrogen (secondary N) is 1. The molecule has 0 aliphatic heterocycles. The van der Waals surface area contributed by atoms with Crippen molar-refractivity contribution in [2.45, 2.75) is 27.7 Å². The van der Waals surface area contributed by atoms with Gasteiger partial charge in [-0.3, -0.25) is 0 Å². The van der Waals surface area contributed by atoms with E-state index in [4.69, 9.17) is 5.73 Å². The van der Waals surface area contributed by atoms with E-state index in [-0.39, 0.29) is 5.41 Å². The molecule has 0 aromatic heterocycles. The van der Waals surface area contributed by atoms with Gasteiger partial charge in [0.05, 0.1) is 0 Å². The van der Waals surface area contributed by atoms with Crippen LogP contribution in [-0.2, 0) is 0 Å². The lowest BCUT2D eigenvalue weighted by Gasteiger charge is -2.32. The lowest BCUT2D eigenvalue weighted by atomic mass is 9.79. The first-order chi connectivity index (χ1) is 5.06.